The molecule has 0 atom stereocenters. The van der Waals surface area contributed by atoms with Crippen LogP contribution >= 0.6 is 0 Å². The third kappa shape index (κ3) is 7.17. The van der Waals surface area contributed by atoms with Crippen LogP contribution in [0, 0.1) is 0 Å². The summed E-state index contributed by atoms with van der Waals surface area (Å²) in [6.07, 6.45) is 1.85. The lowest BCUT2D eigenvalue weighted by atomic mass is 9.79. The fourth-order valence-electron chi connectivity index (χ4n) is 7.86. The molecule has 6 aromatic carbocycles. The van der Waals surface area contributed by atoms with Crippen LogP contribution in [0.3, 0.4) is 0 Å². The number of nitrogens with zero attached hydrogens (tertiary/aromatic N) is 3. The summed E-state index contributed by atoms with van der Waals surface area (Å²) in [6, 6.07) is 51.4. The zero-order valence-corrected chi connectivity index (χ0v) is 34.3. The highest BCUT2D eigenvalue weighted by molar-refractivity contribution is 5.99. The Labute approximate surface area is 337 Å². The van der Waals surface area contributed by atoms with E-state index in [-0.39, 0.29) is 16.6 Å². The first kappa shape index (κ1) is 37.7. The van der Waals surface area contributed by atoms with E-state index in [0.717, 1.165) is 72.5 Å². The molecule has 0 aliphatic carbocycles. The number of hydrogen-bond donors (Lipinski definition) is 1. The molecule has 284 valence electrons. The molecule has 0 aliphatic heterocycles. The van der Waals surface area contributed by atoms with Gasteiger partial charge in [-0.05, 0) is 81.0 Å². The highest BCUT2D eigenvalue weighted by Gasteiger charge is 2.30. The number of pyridine rings is 1. The average molecular weight is 746 g/mol. The molecule has 8 aromatic rings. The van der Waals surface area contributed by atoms with Crippen LogP contribution in [0.25, 0.3) is 72.7 Å². The van der Waals surface area contributed by atoms with Gasteiger partial charge in [-0.15, -0.1) is 0 Å². The van der Waals surface area contributed by atoms with Crippen LogP contribution in [0.5, 0.6) is 5.75 Å². The molecule has 0 spiro atoms. The van der Waals surface area contributed by atoms with E-state index < -0.39 is 0 Å². The van der Waals surface area contributed by atoms with Gasteiger partial charge < -0.3 is 5.11 Å². The molecule has 57 heavy (non-hydrogen) atoms. The number of aromatic hydroxyl groups is 1. The van der Waals surface area contributed by atoms with Crippen LogP contribution in [0.15, 0.2) is 152 Å². The molecular weight excluding hydrogens is 695 g/mol. The highest BCUT2D eigenvalue weighted by atomic mass is 16.3. The van der Waals surface area contributed by atoms with Gasteiger partial charge in [0.25, 0.3) is 0 Å². The van der Waals surface area contributed by atoms with Crippen LogP contribution in [0.2, 0.25) is 0 Å². The minimum atomic E-state index is -0.321. The number of phenols is 1. The Morgan fingerprint density at radius 1 is 0.544 bits per heavy atom. The van der Waals surface area contributed by atoms with Crippen molar-refractivity contribution in [1.29, 1.82) is 0 Å². The van der Waals surface area contributed by atoms with Gasteiger partial charge in [0.1, 0.15) is 11.6 Å². The van der Waals surface area contributed by atoms with Crippen LogP contribution in [0.1, 0.15) is 78.0 Å². The normalized spacial score (nSPS) is 12.1. The Hall–Kier alpha value is -6.26. The monoisotopic (exact) mass is 745 g/mol. The molecule has 2 aromatic heterocycles. The fraction of sp³-hybridized carbons (Fsp3) is 0.208. The zero-order valence-electron chi connectivity index (χ0n) is 34.3. The maximum absolute atomic E-state index is 12.5. The summed E-state index contributed by atoms with van der Waals surface area (Å²) in [5.74, 6) is 1.25. The topological polar surface area (TPSA) is 50.9 Å². The number of aromatic nitrogens is 3. The van der Waals surface area contributed by atoms with Gasteiger partial charge in [0.2, 0.25) is 0 Å². The van der Waals surface area contributed by atoms with Crippen molar-refractivity contribution in [2.45, 2.75) is 72.1 Å². The molecular formula is C53H51N3O. The second-order valence-corrected chi connectivity index (χ2v) is 17.5. The third-order valence-corrected chi connectivity index (χ3v) is 11.0. The van der Waals surface area contributed by atoms with E-state index in [1.54, 1.807) is 0 Å². The van der Waals surface area contributed by atoms with Crippen molar-refractivity contribution in [3.63, 3.8) is 0 Å². The highest BCUT2D eigenvalue weighted by Crippen LogP contribution is 2.47. The van der Waals surface area contributed by atoms with Gasteiger partial charge in [0.15, 0.2) is 0 Å². The average Bonchev–Trinajstić information content (AvgIpc) is 3.59. The predicted molar refractivity (Wildman–Crippen MR) is 239 cm³/mol. The number of rotatable bonds is 7. The van der Waals surface area contributed by atoms with Crippen molar-refractivity contribution >= 4 is 11.0 Å². The lowest BCUT2D eigenvalue weighted by Gasteiger charge is -2.28. The second kappa shape index (κ2) is 14.7. The van der Waals surface area contributed by atoms with E-state index in [1.165, 1.54) is 5.56 Å². The van der Waals surface area contributed by atoms with Gasteiger partial charge in [-0.1, -0.05) is 165 Å². The molecule has 0 unspecified atom stereocenters. The van der Waals surface area contributed by atoms with Gasteiger partial charge in [-0.2, -0.15) is 0 Å². The smallest absolute Gasteiger partial charge is 0.149 e. The molecule has 0 bridgehead atoms. The Bertz CT molecular complexity index is 2660. The predicted octanol–water partition coefficient (Wildman–Crippen LogP) is 14.2. The van der Waals surface area contributed by atoms with Gasteiger partial charge >= 0.3 is 0 Å². The number of para-hydroxylation sites is 2. The lowest BCUT2D eigenvalue weighted by molar-refractivity contribution is 0.446. The quantitative estimate of drug-likeness (QED) is 0.177. The molecule has 1 N–H and O–H groups in total. The molecule has 4 heteroatoms. The molecule has 0 amide bonds. The Morgan fingerprint density at radius 2 is 1.14 bits per heavy atom. The van der Waals surface area contributed by atoms with E-state index >= 15 is 0 Å². The second-order valence-electron chi connectivity index (χ2n) is 17.5. The SMILES string of the molecule is CC(C)c1cc(-c2ccccn2)cc(-c2cccc3c2nc(-c2cc(C(C)(C)C)cc(C(C)(C)C)c2O)n3-c2c(-c3ccccc3)cccc2-c2ccccc2)c1. The number of phenolic OH excluding ortho intramolecular Hbond substituents is 1. The number of benzene rings is 6. The van der Waals surface area contributed by atoms with Gasteiger partial charge in [0, 0.05) is 34.0 Å². The van der Waals surface area contributed by atoms with Crippen molar-refractivity contribution in [2.75, 3.05) is 0 Å². The van der Waals surface area contributed by atoms with Crippen molar-refractivity contribution < 1.29 is 5.11 Å². The first-order chi connectivity index (χ1) is 27.3. The first-order valence-corrected chi connectivity index (χ1v) is 20.0. The van der Waals surface area contributed by atoms with E-state index in [4.69, 9.17) is 9.97 Å². The molecule has 0 saturated carbocycles. The van der Waals surface area contributed by atoms with Crippen LogP contribution < -0.4 is 0 Å². The van der Waals surface area contributed by atoms with Gasteiger partial charge in [-0.3, -0.25) is 9.55 Å². The van der Waals surface area contributed by atoms with Crippen molar-refractivity contribution in [2.24, 2.45) is 0 Å². The molecule has 2 heterocycles. The largest absolute Gasteiger partial charge is 0.507 e. The minimum absolute atomic E-state index is 0.180. The summed E-state index contributed by atoms with van der Waals surface area (Å²) in [7, 11) is 0. The zero-order chi connectivity index (χ0) is 40.1. The summed E-state index contributed by atoms with van der Waals surface area (Å²) < 4.78 is 2.31. The number of hydrogen-bond acceptors (Lipinski definition) is 3. The molecule has 0 aliphatic rings. The fourth-order valence-corrected chi connectivity index (χ4v) is 7.86. The summed E-state index contributed by atoms with van der Waals surface area (Å²) in [6.45, 7) is 17.7. The van der Waals surface area contributed by atoms with Crippen LogP contribution in [0.4, 0.5) is 0 Å². The maximum atomic E-state index is 12.5. The molecule has 0 radical (unpaired) electrons. The summed E-state index contributed by atoms with van der Waals surface area (Å²) >= 11 is 0. The minimum Gasteiger partial charge on any atom is -0.507 e. The molecule has 0 saturated heterocycles. The van der Waals surface area contributed by atoms with E-state index in [1.807, 2.05) is 18.3 Å². The summed E-state index contributed by atoms with van der Waals surface area (Å²) in [5.41, 5.74) is 14.7. The standard InChI is InChI=1S/C53H51N3O/c1-34(2)37-29-38(31-39(30-37)46-26-15-16-28-54-46)41-23-18-27-47-48(41)55-51(44-32-40(52(3,4)5)33-45(50(44)57)53(6,7)8)56(47)49-42(35-19-11-9-12-20-35)24-17-25-43(49)36-21-13-10-14-22-36/h9-34,57H,1-8H3. The maximum Gasteiger partial charge on any atom is 0.149 e. The third-order valence-electron chi connectivity index (χ3n) is 11.0. The summed E-state index contributed by atoms with van der Waals surface area (Å²) in [4.78, 5) is 10.4. The Balaban J connectivity index is 1.54. The molecule has 4 nitrogen and oxygen atoms in total. The van der Waals surface area contributed by atoms with E-state index in [0.29, 0.717) is 17.3 Å². The molecule has 8 rings (SSSR count). The van der Waals surface area contributed by atoms with Crippen molar-refractivity contribution in [3.8, 4) is 67.5 Å². The Morgan fingerprint density at radius 3 is 1.72 bits per heavy atom. The van der Waals surface area contributed by atoms with Gasteiger partial charge in [0.05, 0.1) is 28.0 Å². The Kier molecular flexibility index (Phi) is 9.69. The van der Waals surface area contributed by atoms with Crippen molar-refractivity contribution in [1.82, 2.24) is 14.5 Å². The van der Waals surface area contributed by atoms with E-state index in [9.17, 15) is 5.11 Å². The van der Waals surface area contributed by atoms with Crippen LogP contribution in [-0.4, -0.2) is 19.6 Å². The lowest BCUT2D eigenvalue weighted by Crippen LogP contribution is -2.17. The van der Waals surface area contributed by atoms with Crippen molar-refractivity contribution in [3.05, 3.63) is 168 Å². The first-order valence-electron chi connectivity index (χ1n) is 20.0. The van der Waals surface area contributed by atoms with Gasteiger partial charge in [-0.25, -0.2) is 4.98 Å². The number of imidazole rings is 1. The number of fused-ring (bicyclic) bond motifs is 1. The summed E-state index contributed by atoms with van der Waals surface area (Å²) in [5, 5.41) is 12.5. The molecule has 0 fully saturated rings. The van der Waals surface area contributed by atoms with E-state index in [2.05, 4.69) is 193 Å². The van der Waals surface area contributed by atoms with Crippen LogP contribution in [-0.2, 0) is 10.8 Å².